The molecule has 1 aromatic heterocycles. The first-order valence-corrected chi connectivity index (χ1v) is 10.8. The summed E-state index contributed by atoms with van der Waals surface area (Å²) in [6, 6.07) is 24.7. The number of aromatic nitrogens is 1. The van der Waals surface area contributed by atoms with E-state index in [4.69, 9.17) is 4.42 Å². The zero-order valence-corrected chi connectivity index (χ0v) is 17.9. The zero-order chi connectivity index (χ0) is 21.4. The molecule has 1 aliphatic carbocycles. The molecule has 0 saturated heterocycles. The molecule has 0 N–H and O–H groups in total. The zero-order valence-electron chi connectivity index (χ0n) is 17.9. The Morgan fingerprint density at radius 2 is 1.71 bits per heavy atom. The van der Waals surface area contributed by atoms with E-state index in [9.17, 15) is 4.79 Å². The van der Waals surface area contributed by atoms with Crippen molar-refractivity contribution in [2.75, 3.05) is 0 Å². The highest BCUT2D eigenvalue weighted by molar-refractivity contribution is 5.83. The Hall–Kier alpha value is -3.40. The van der Waals surface area contributed by atoms with Crippen LogP contribution in [-0.2, 0) is 17.9 Å². The third kappa shape index (κ3) is 4.24. The Bertz CT molecular complexity index is 1210. The van der Waals surface area contributed by atoms with Crippen molar-refractivity contribution in [2.45, 2.75) is 39.3 Å². The standard InChI is InChI=1S/C27H26N2O2/c1-18-8-11-20(12-9-18)16-29(17-26-28-24-14-19(2)10-13-25(24)31-26)27(30)23-15-22(23)21-6-4-3-5-7-21/h3-14,22-23H,15-17H2,1-2H3/t22-,23+/m1/s1. The van der Waals surface area contributed by atoms with Crippen LogP contribution < -0.4 is 0 Å². The number of rotatable bonds is 6. The fourth-order valence-corrected chi connectivity index (χ4v) is 4.21. The first-order valence-electron chi connectivity index (χ1n) is 10.8. The molecule has 0 bridgehead atoms. The number of hydrogen-bond donors (Lipinski definition) is 0. The average molecular weight is 411 g/mol. The maximum absolute atomic E-state index is 13.5. The molecule has 1 amide bonds. The Balaban J connectivity index is 1.39. The van der Waals surface area contributed by atoms with Gasteiger partial charge in [0.15, 0.2) is 5.58 Å². The highest BCUT2D eigenvalue weighted by Crippen LogP contribution is 2.48. The predicted octanol–water partition coefficient (Wildman–Crippen LogP) is 5.78. The van der Waals surface area contributed by atoms with Crippen molar-refractivity contribution in [1.29, 1.82) is 0 Å². The number of oxazole rings is 1. The van der Waals surface area contributed by atoms with Crippen molar-refractivity contribution in [2.24, 2.45) is 5.92 Å². The van der Waals surface area contributed by atoms with Crippen molar-refractivity contribution in [3.05, 3.63) is 101 Å². The Morgan fingerprint density at radius 3 is 2.48 bits per heavy atom. The molecule has 0 unspecified atom stereocenters. The molecule has 4 heteroatoms. The summed E-state index contributed by atoms with van der Waals surface area (Å²) in [5.41, 5.74) is 6.31. The Labute approximate surface area is 182 Å². The van der Waals surface area contributed by atoms with Crippen LogP contribution in [0.1, 0.15) is 40.5 Å². The predicted molar refractivity (Wildman–Crippen MR) is 121 cm³/mol. The van der Waals surface area contributed by atoms with Crippen LogP contribution in [0.25, 0.3) is 11.1 Å². The van der Waals surface area contributed by atoms with Gasteiger partial charge in [-0.3, -0.25) is 4.79 Å². The van der Waals surface area contributed by atoms with Gasteiger partial charge in [-0.05, 0) is 55.0 Å². The number of carbonyl (C=O) groups excluding carboxylic acids is 1. The number of aryl methyl sites for hydroxylation is 2. The molecule has 31 heavy (non-hydrogen) atoms. The summed E-state index contributed by atoms with van der Waals surface area (Å²) in [7, 11) is 0. The van der Waals surface area contributed by atoms with Crippen LogP contribution in [0, 0.1) is 19.8 Å². The first kappa shape index (κ1) is 19.6. The smallest absolute Gasteiger partial charge is 0.227 e. The van der Waals surface area contributed by atoms with Crippen LogP contribution in [0.15, 0.2) is 77.2 Å². The second kappa shape index (κ2) is 8.03. The fraction of sp³-hybridized carbons (Fsp3) is 0.259. The maximum Gasteiger partial charge on any atom is 0.227 e. The molecule has 1 heterocycles. The van der Waals surface area contributed by atoms with Crippen molar-refractivity contribution < 1.29 is 9.21 Å². The Kier molecular flexibility index (Phi) is 5.06. The van der Waals surface area contributed by atoms with E-state index in [1.807, 2.05) is 48.2 Å². The van der Waals surface area contributed by atoms with Crippen molar-refractivity contribution in [3.63, 3.8) is 0 Å². The summed E-state index contributed by atoms with van der Waals surface area (Å²) in [5, 5.41) is 0. The summed E-state index contributed by atoms with van der Waals surface area (Å²) in [5.74, 6) is 1.09. The van der Waals surface area contributed by atoms with Gasteiger partial charge >= 0.3 is 0 Å². The topological polar surface area (TPSA) is 46.3 Å². The lowest BCUT2D eigenvalue weighted by atomic mass is 10.1. The van der Waals surface area contributed by atoms with E-state index in [2.05, 4.69) is 48.3 Å². The molecule has 3 aromatic carbocycles. The van der Waals surface area contributed by atoms with Gasteiger partial charge in [-0.1, -0.05) is 66.2 Å². The Morgan fingerprint density at radius 1 is 0.968 bits per heavy atom. The molecule has 1 saturated carbocycles. The minimum absolute atomic E-state index is 0.0273. The van der Waals surface area contributed by atoms with E-state index in [0.29, 0.717) is 24.9 Å². The second-order valence-corrected chi connectivity index (χ2v) is 8.62. The summed E-state index contributed by atoms with van der Waals surface area (Å²) in [6.07, 6.45) is 0.903. The molecule has 0 aliphatic heterocycles. The van der Waals surface area contributed by atoms with Gasteiger partial charge in [0.05, 0.1) is 6.54 Å². The third-order valence-electron chi connectivity index (χ3n) is 6.05. The van der Waals surface area contributed by atoms with E-state index in [-0.39, 0.29) is 11.8 Å². The van der Waals surface area contributed by atoms with Gasteiger partial charge in [0, 0.05) is 12.5 Å². The van der Waals surface area contributed by atoms with Crippen LogP contribution in [0.3, 0.4) is 0 Å². The third-order valence-corrected chi connectivity index (χ3v) is 6.05. The summed E-state index contributed by atoms with van der Waals surface area (Å²) >= 11 is 0. The molecule has 1 aliphatic rings. The van der Waals surface area contributed by atoms with Crippen molar-refractivity contribution >= 4 is 17.0 Å². The molecule has 1 fully saturated rings. The molecule has 0 spiro atoms. The summed E-state index contributed by atoms with van der Waals surface area (Å²) < 4.78 is 5.97. The van der Waals surface area contributed by atoms with E-state index in [1.54, 1.807) is 0 Å². The number of carbonyl (C=O) groups is 1. The van der Waals surface area contributed by atoms with Crippen LogP contribution in [0.5, 0.6) is 0 Å². The molecule has 2 atom stereocenters. The highest BCUT2D eigenvalue weighted by Gasteiger charge is 2.45. The lowest BCUT2D eigenvalue weighted by molar-refractivity contribution is -0.134. The van der Waals surface area contributed by atoms with E-state index >= 15 is 0 Å². The molecule has 4 aromatic rings. The van der Waals surface area contributed by atoms with Gasteiger partial charge in [-0.15, -0.1) is 0 Å². The fourth-order valence-electron chi connectivity index (χ4n) is 4.21. The van der Waals surface area contributed by atoms with Gasteiger partial charge in [0.25, 0.3) is 0 Å². The van der Waals surface area contributed by atoms with Gasteiger partial charge in [0.2, 0.25) is 11.8 Å². The monoisotopic (exact) mass is 410 g/mol. The first-order chi connectivity index (χ1) is 15.1. The van der Waals surface area contributed by atoms with Crippen molar-refractivity contribution in [3.8, 4) is 0 Å². The number of fused-ring (bicyclic) bond motifs is 1. The van der Waals surface area contributed by atoms with Gasteiger partial charge in [-0.2, -0.15) is 0 Å². The lowest BCUT2D eigenvalue weighted by Gasteiger charge is -2.22. The number of benzene rings is 3. The summed E-state index contributed by atoms with van der Waals surface area (Å²) in [4.78, 5) is 20.0. The van der Waals surface area contributed by atoms with Crippen LogP contribution in [0.2, 0.25) is 0 Å². The number of nitrogens with zero attached hydrogens (tertiary/aromatic N) is 2. The van der Waals surface area contributed by atoms with Crippen LogP contribution in [-0.4, -0.2) is 15.8 Å². The molecule has 156 valence electrons. The molecule has 0 radical (unpaired) electrons. The lowest BCUT2D eigenvalue weighted by Crippen LogP contribution is -2.31. The number of hydrogen-bond acceptors (Lipinski definition) is 3. The van der Waals surface area contributed by atoms with Gasteiger partial charge < -0.3 is 9.32 Å². The SMILES string of the molecule is Cc1ccc(CN(Cc2nc3cc(C)ccc3o2)C(=O)[C@H]2C[C@@H]2c2ccccc2)cc1. The molecular weight excluding hydrogens is 384 g/mol. The summed E-state index contributed by atoms with van der Waals surface area (Å²) in [6.45, 7) is 5.03. The quantitative estimate of drug-likeness (QED) is 0.405. The van der Waals surface area contributed by atoms with Crippen molar-refractivity contribution in [1.82, 2.24) is 9.88 Å². The normalized spacial score (nSPS) is 17.6. The number of amides is 1. The maximum atomic E-state index is 13.5. The molecular formula is C27H26N2O2. The largest absolute Gasteiger partial charge is 0.439 e. The molecule has 5 rings (SSSR count). The van der Waals surface area contributed by atoms with Gasteiger partial charge in [-0.25, -0.2) is 4.98 Å². The van der Waals surface area contributed by atoms with E-state index < -0.39 is 0 Å². The van der Waals surface area contributed by atoms with Crippen LogP contribution >= 0.6 is 0 Å². The average Bonchev–Trinajstić information content (AvgIpc) is 3.48. The molecule has 4 nitrogen and oxygen atoms in total. The minimum atomic E-state index is 0.0273. The second-order valence-electron chi connectivity index (χ2n) is 8.62. The minimum Gasteiger partial charge on any atom is -0.439 e. The highest BCUT2D eigenvalue weighted by atomic mass is 16.3. The van der Waals surface area contributed by atoms with E-state index in [1.165, 1.54) is 11.1 Å². The van der Waals surface area contributed by atoms with E-state index in [0.717, 1.165) is 28.6 Å². The van der Waals surface area contributed by atoms with Crippen LogP contribution in [0.4, 0.5) is 0 Å². The van der Waals surface area contributed by atoms with Gasteiger partial charge in [0.1, 0.15) is 5.52 Å².